The lowest BCUT2D eigenvalue weighted by Gasteiger charge is -2.43. The Hall–Kier alpha value is -1.69. The number of piperazine rings is 1. The van der Waals surface area contributed by atoms with Gasteiger partial charge in [0, 0.05) is 31.7 Å². The van der Waals surface area contributed by atoms with Crippen LogP contribution in [-0.2, 0) is 4.74 Å². The molecule has 0 spiro atoms. The maximum Gasteiger partial charge on any atom is 0.358 e. The van der Waals surface area contributed by atoms with Gasteiger partial charge in [0.2, 0.25) is 0 Å². The number of methoxy groups -OCH3 is 1. The maximum atomic E-state index is 11.4. The minimum atomic E-state index is -0.446. The van der Waals surface area contributed by atoms with Crippen LogP contribution in [0.2, 0.25) is 0 Å². The summed E-state index contributed by atoms with van der Waals surface area (Å²) in [5.74, 6) is 0.393. The molecule has 0 radical (unpaired) electrons. The van der Waals surface area contributed by atoms with Gasteiger partial charge in [0.1, 0.15) is 0 Å². The van der Waals surface area contributed by atoms with Crippen LogP contribution in [0.25, 0.3) is 0 Å². The number of hydrogen-bond donors (Lipinski definition) is 0. The van der Waals surface area contributed by atoms with Gasteiger partial charge in [-0.1, -0.05) is 12.8 Å². The van der Waals surface area contributed by atoms with Crippen molar-refractivity contribution >= 4 is 11.8 Å². The van der Waals surface area contributed by atoms with Gasteiger partial charge in [-0.3, -0.25) is 4.90 Å². The summed E-state index contributed by atoms with van der Waals surface area (Å²) in [5, 5.41) is 8.15. The Labute approximate surface area is 131 Å². The van der Waals surface area contributed by atoms with E-state index in [1.807, 2.05) is 6.07 Å². The van der Waals surface area contributed by atoms with E-state index >= 15 is 0 Å². The molecule has 120 valence electrons. The van der Waals surface area contributed by atoms with Crippen molar-refractivity contribution in [3.05, 3.63) is 17.8 Å². The predicted molar refractivity (Wildman–Crippen MR) is 84.0 cm³/mol. The van der Waals surface area contributed by atoms with Gasteiger partial charge in [-0.2, -0.15) is 0 Å². The molecule has 22 heavy (non-hydrogen) atoms. The largest absolute Gasteiger partial charge is 0.464 e. The monoisotopic (exact) mass is 304 g/mol. The van der Waals surface area contributed by atoms with Crippen LogP contribution >= 0.6 is 0 Å². The molecule has 1 saturated carbocycles. The Morgan fingerprint density at radius 1 is 1.23 bits per heavy atom. The van der Waals surface area contributed by atoms with Gasteiger partial charge in [0.05, 0.1) is 7.11 Å². The van der Waals surface area contributed by atoms with Gasteiger partial charge < -0.3 is 9.64 Å². The first-order valence-electron chi connectivity index (χ1n) is 8.12. The fraction of sp³-hybridized carbons (Fsp3) is 0.688. The highest BCUT2D eigenvalue weighted by Gasteiger charge is 2.31. The molecule has 2 heterocycles. The van der Waals surface area contributed by atoms with Crippen molar-refractivity contribution in [1.29, 1.82) is 0 Å². The second-order valence-corrected chi connectivity index (χ2v) is 6.24. The Kier molecular flexibility index (Phi) is 4.57. The van der Waals surface area contributed by atoms with Crippen molar-refractivity contribution in [2.75, 3.05) is 31.6 Å². The quantitative estimate of drug-likeness (QED) is 0.793. The summed E-state index contributed by atoms with van der Waals surface area (Å²) in [6.07, 6.45) is 5.44. The molecule has 0 bridgehead atoms. The SMILES string of the molecule is COC(=O)c1ccc(N2CCN(C3CCCC3)C(C)C2)nn1. The maximum absolute atomic E-state index is 11.4. The number of ether oxygens (including phenoxy) is 1. The third-order valence-electron chi connectivity index (χ3n) is 4.84. The molecule has 1 aliphatic heterocycles. The average Bonchev–Trinajstić information content (AvgIpc) is 3.08. The molecular weight excluding hydrogens is 280 g/mol. The predicted octanol–water partition coefficient (Wildman–Crippen LogP) is 1.72. The summed E-state index contributed by atoms with van der Waals surface area (Å²) < 4.78 is 4.65. The Balaban J connectivity index is 1.63. The summed E-state index contributed by atoms with van der Waals surface area (Å²) in [6.45, 7) is 5.29. The molecular formula is C16H24N4O2. The number of anilines is 1. The summed E-state index contributed by atoms with van der Waals surface area (Å²) in [6, 6.07) is 4.84. The number of hydrogen-bond acceptors (Lipinski definition) is 6. The van der Waals surface area contributed by atoms with Gasteiger partial charge in [-0.05, 0) is 31.9 Å². The zero-order valence-electron chi connectivity index (χ0n) is 13.4. The normalized spacial score (nSPS) is 23.7. The molecule has 1 saturated heterocycles. The third kappa shape index (κ3) is 3.06. The number of nitrogens with zero attached hydrogens (tertiary/aromatic N) is 4. The zero-order chi connectivity index (χ0) is 15.5. The van der Waals surface area contributed by atoms with E-state index in [1.165, 1.54) is 32.8 Å². The number of esters is 1. The molecule has 2 aliphatic rings. The Bertz CT molecular complexity index is 513. The van der Waals surface area contributed by atoms with E-state index in [0.29, 0.717) is 6.04 Å². The fourth-order valence-corrected chi connectivity index (χ4v) is 3.67. The lowest BCUT2D eigenvalue weighted by molar-refractivity contribution is 0.0592. The molecule has 1 aromatic rings. The van der Waals surface area contributed by atoms with Crippen LogP contribution in [-0.4, -0.2) is 59.9 Å². The number of carbonyl (C=O) groups excluding carboxylic acids is 1. The second kappa shape index (κ2) is 6.60. The molecule has 1 atom stereocenters. The number of carbonyl (C=O) groups is 1. The van der Waals surface area contributed by atoms with E-state index < -0.39 is 5.97 Å². The first-order chi connectivity index (χ1) is 10.7. The van der Waals surface area contributed by atoms with Crippen molar-refractivity contribution in [3.63, 3.8) is 0 Å². The fourth-order valence-electron chi connectivity index (χ4n) is 3.67. The van der Waals surface area contributed by atoms with Crippen LogP contribution in [0.5, 0.6) is 0 Å². The van der Waals surface area contributed by atoms with E-state index in [4.69, 9.17) is 0 Å². The van der Waals surface area contributed by atoms with Crippen molar-refractivity contribution < 1.29 is 9.53 Å². The van der Waals surface area contributed by atoms with Crippen molar-refractivity contribution in [3.8, 4) is 0 Å². The van der Waals surface area contributed by atoms with Crippen LogP contribution in [0.4, 0.5) is 5.82 Å². The highest BCUT2D eigenvalue weighted by Crippen LogP contribution is 2.27. The molecule has 2 fully saturated rings. The van der Waals surface area contributed by atoms with E-state index in [2.05, 4.69) is 31.7 Å². The first kappa shape index (κ1) is 15.2. The summed E-state index contributed by atoms with van der Waals surface area (Å²) in [4.78, 5) is 16.3. The Morgan fingerprint density at radius 2 is 2.00 bits per heavy atom. The molecule has 6 nitrogen and oxygen atoms in total. The third-order valence-corrected chi connectivity index (χ3v) is 4.84. The van der Waals surface area contributed by atoms with Crippen LogP contribution in [0.15, 0.2) is 12.1 Å². The van der Waals surface area contributed by atoms with E-state index in [0.717, 1.165) is 31.5 Å². The first-order valence-corrected chi connectivity index (χ1v) is 8.12. The van der Waals surface area contributed by atoms with Gasteiger partial charge >= 0.3 is 5.97 Å². The molecule has 1 unspecified atom stereocenters. The summed E-state index contributed by atoms with van der Waals surface area (Å²) in [5.41, 5.74) is 0.254. The highest BCUT2D eigenvalue weighted by molar-refractivity contribution is 5.86. The van der Waals surface area contributed by atoms with Crippen molar-refractivity contribution in [2.24, 2.45) is 0 Å². The second-order valence-electron chi connectivity index (χ2n) is 6.24. The minimum absolute atomic E-state index is 0.254. The average molecular weight is 304 g/mol. The lowest BCUT2D eigenvalue weighted by atomic mass is 10.1. The number of rotatable bonds is 3. The zero-order valence-corrected chi connectivity index (χ0v) is 13.4. The molecule has 0 aromatic carbocycles. The van der Waals surface area contributed by atoms with Crippen LogP contribution in [0.1, 0.15) is 43.1 Å². The molecule has 6 heteroatoms. The van der Waals surface area contributed by atoms with Crippen LogP contribution < -0.4 is 4.90 Å². The Morgan fingerprint density at radius 3 is 2.59 bits per heavy atom. The van der Waals surface area contributed by atoms with E-state index in [1.54, 1.807) is 6.07 Å². The summed E-state index contributed by atoms with van der Waals surface area (Å²) >= 11 is 0. The lowest BCUT2D eigenvalue weighted by Crippen LogP contribution is -2.55. The van der Waals surface area contributed by atoms with Gasteiger partial charge in [0.15, 0.2) is 11.5 Å². The van der Waals surface area contributed by atoms with Gasteiger partial charge in [-0.25, -0.2) is 4.79 Å². The van der Waals surface area contributed by atoms with Crippen molar-refractivity contribution in [2.45, 2.75) is 44.7 Å². The smallest absolute Gasteiger partial charge is 0.358 e. The molecule has 1 aromatic heterocycles. The molecule has 1 aliphatic carbocycles. The van der Waals surface area contributed by atoms with Crippen molar-refractivity contribution in [1.82, 2.24) is 15.1 Å². The molecule has 3 rings (SSSR count). The van der Waals surface area contributed by atoms with Gasteiger partial charge in [0.25, 0.3) is 0 Å². The van der Waals surface area contributed by atoms with Crippen LogP contribution in [0.3, 0.4) is 0 Å². The minimum Gasteiger partial charge on any atom is -0.464 e. The topological polar surface area (TPSA) is 58.6 Å². The molecule has 0 N–H and O–H groups in total. The van der Waals surface area contributed by atoms with Crippen LogP contribution in [0, 0.1) is 0 Å². The van der Waals surface area contributed by atoms with E-state index in [9.17, 15) is 4.79 Å². The standard InChI is InChI=1S/C16H24N4O2/c1-12-11-19(9-10-20(12)13-5-3-4-6-13)15-8-7-14(17-18-15)16(21)22-2/h7-8,12-13H,3-6,9-11H2,1-2H3. The van der Waals surface area contributed by atoms with Gasteiger partial charge in [-0.15, -0.1) is 10.2 Å². The summed E-state index contributed by atoms with van der Waals surface area (Å²) in [7, 11) is 1.35. The molecule has 0 amide bonds. The van der Waals surface area contributed by atoms with E-state index in [-0.39, 0.29) is 5.69 Å². The highest BCUT2D eigenvalue weighted by atomic mass is 16.5. The number of aromatic nitrogens is 2.